The summed E-state index contributed by atoms with van der Waals surface area (Å²) in [5.41, 5.74) is 32.7. The monoisotopic (exact) mass is 1690 g/mol. The minimum atomic E-state index is -0.744. The molecule has 0 atom stereocenters. The summed E-state index contributed by atoms with van der Waals surface area (Å²) >= 11 is 0. The second-order valence-corrected chi connectivity index (χ2v) is 34.5. The average Bonchev–Trinajstić information content (AvgIpc) is 0.751. The standard InChI is InChI=1S/C26H28N2O5.C26H28N2O3.C25H26N2O4.C25H26N2O3/c1-27-20-13-24(32-3)23(31-2)12-17(20)10-18-15-33-22-14-21-16(11-19(22)26(18)27)6-4-8-28(21)9-5-7-25(29)30;1-16-10-19-12-20-15-31-24-14-23-18(6-4-8-28(23)9-5-7-25(29)30)13-21(24)26(20)27(3)22(19)11-17(16)2;1-26-21-8-7-19(30-2)12-17(21)11-18-15-31-23-14-22-16(13-20(23)25(18)26)5-3-9-27(22)10-4-6-24(28)29;1-16-7-8-21-18(11-16)12-19-15-30-23-14-22-17(13-20(23)25(19)26(21)2)5-3-9-27(22)10-4-6-24(28)29/h10-14H,4-9,15H2,1-3H3;10-14H,4-9,15H2,1-3H3;7-8,11-14H,3-6,9-10,15H2,1-2H3;7-8,11-14H,3-6,9-10,15H2,1-2H3/p+4. The number of rotatable bonds is 19. The first-order chi connectivity index (χ1) is 60.5. The lowest BCUT2D eigenvalue weighted by molar-refractivity contribution is -0.634. The summed E-state index contributed by atoms with van der Waals surface area (Å²) in [5, 5.41) is 40.6. The molecule has 23 nitrogen and oxygen atoms in total. The van der Waals surface area contributed by atoms with Crippen molar-refractivity contribution in [3.05, 3.63) is 195 Å². The minimum absolute atomic E-state index is 0.192. The Bertz CT molecular complexity index is 6340. The van der Waals surface area contributed by atoms with E-state index in [-0.39, 0.29) is 25.7 Å². The number of aromatic nitrogens is 4. The van der Waals surface area contributed by atoms with Crippen molar-refractivity contribution in [3.63, 3.8) is 0 Å². The first-order valence-corrected chi connectivity index (χ1v) is 44.0. The number of carboxylic acid groups (broad SMARTS) is 4. The lowest BCUT2D eigenvalue weighted by atomic mass is 9.93. The Morgan fingerprint density at radius 3 is 0.984 bits per heavy atom. The quantitative estimate of drug-likeness (QED) is 0.0550. The minimum Gasteiger partial charge on any atom is -0.497 e. The fraction of sp³-hybridized carbons (Fsp3) is 0.373. The van der Waals surface area contributed by atoms with Crippen molar-refractivity contribution >= 4 is 90.2 Å². The molecule has 4 aromatic heterocycles. The molecule has 0 unspecified atom stereocenters. The smallest absolute Gasteiger partial charge is 0.303 e. The normalized spacial score (nSPS) is 14.5. The number of anilines is 4. The van der Waals surface area contributed by atoms with Gasteiger partial charge in [0.05, 0.1) is 82.7 Å². The molecule has 4 N–H and O–H groups in total. The zero-order valence-corrected chi connectivity index (χ0v) is 73.4. The van der Waals surface area contributed by atoms with E-state index in [1.54, 1.807) is 21.3 Å². The van der Waals surface area contributed by atoms with Crippen LogP contribution in [0.25, 0.3) is 88.6 Å². The second kappa shape index (κ2) is 35.7. The molecule has 0 amide bonds. The number of pyridine rings is 4. The summed E-state index contributed by atoms with van der Waals surface area (Å²) in [7, 11) is 13.5. The molecule has 0 saturated carbocycles. The molecule has 8 aliphatic heterocycles. The summed E-state index contributed by atoms with van der Waals surface area (Å²) in [4.78, 5) is 52.9. The highest BCUT2D eigenvalue weighted by Gasteiger charge is 2.37. The Balaban J connectivity index is 0.000000118. The van der Waals surface area contributed by atoms with Gasteiger partial charge in [0, 0.05) is 154 Å². The molecule has 8 aliphatic rings. The van der Waals surface area contributed by atoms with E-state index in [9.17, 15) is 19.2 Å². The van der Waals surface area contributed by atoms with E-state index in [0.29, 0.717) is 63.6 Å². The van der Waals surface area contributed by atoms with Crippen LogP contribution in [0, 0.1) is 20.8 Å². The van der Waals surface area contributed by atoms with Gasteiger partial charge in [-0.25, -0.2) is 0 Å². The molecule has 0 spiro atoms. The van der Waals surface area contributed by atoms with Gasteiger partial charge in [0.1, 0.15) is 83.4 Å². The van der Waals surface area contributed by atoms with Crippen LogP contribution >= 0.6 is 0 Å². The van der Waals surface area contributed by atoms with Crippen LogP contribution in [0.15, 0.2) is 133 Å². The number of carboxylic acids is 4. The molecule has 0 aliphatic carbocycles. The topological polar surface area (TPSA) is 242 Å². The van der Waals surface area contributed by atoms with Gasteiger partial charge in [0.15, 0.2) is 11.5 Å². The summed E-state index contributed by atoms with van der Waals surface area (Å²) in [5.74, 6) is 2.95. The largest absolute Gasteiger partial charge is 0.497 e. The van der Waals surface area contributed by atoms with Crippen molar-refractivity contribution in [1.82, 2.24) is 0 Å². The van der Waals surface area contributed by atoms with Gasteiger partial charge >= 0.3 is 23.9 Å². The second-order valence-electron chi connectivity index (χ2n) is 34.5. The number of aliphatic carboxylic acids is 4. The Hall–Kier alpha value is -12.9. The highest BCUT2D eigenvalue weighted by Crippen LogP contribution is 2.49. The highest BCUT2D eigenvalue weighted by molar-refractivity contribution is 5.89. The van der Waals surface area contributed by atoms with Crippen LogP contribution in [0.2, 0.25) is 0 Å². The molecule has 0 saturated heterocycles. The third-order valence-electron chi connectivity index (χ3n) is 26.3. The molecular weight excluding hydrogens is 1580 g/mol. The third kappa shape index (κ3) is 17.0. The molecule has 8 aromatic carbocycles. The van der Waals surface area contributed by atoms with Gasteiger partial charge in [0.25, 0.3) is 0 Å². The number of methoxy groups -OCH3 is 3. The van der Waals surface area contributed by atoms with Gasteiger partial charge in [-0.2, -0.15) is 18.3 Å². The predicted molar refractivity (Wildman–Crippen MR) is 483 cm³/mol. The van der Waals surface area contributed by atoms with Crippen LogP contribution in [0.5, 0.6) is 40.2 Å². The highest BCUT2D eigenvalue weighted by atomic mass is 16.5. The van der Waals surface area contributed by atoms with Crippen molar-refractivity contribution in [2.75, 3.05) is 93.3 Å². The van der Waals surface area contributed by atoms with Crippen molar-refractivity contribution < 1.29 is 91.0 Å². The maximum absolute atomic E-state index is 10.9. The molecule has 23 heteroatoms. The maximum atomic E-state index is 10.9. The molecule has 0 fully saturated rings. The molecular formula is C102H112N8O15+4. The van der Waals surface area contributed by atoms with E-state index < -0.39 is 23.9 Å². The molecule has 20 rings (SSSR count). The van der Waals surface area contributed by atoms with Gasteiger partial charge in [-0.1, -0.05) is 11.6 Å². The number of hydrogen-bond acceptors (Lipinski definition) is 15. The average molecular weight is 1690 g/mol. The van der Waals surface area contributed by atoms with E-state index in [0.717, 1.165) is 188 Å². The molecule has 12 aromatic rings. The van der Waals surface area contributed by atoms with Crippen LogP contribution in [-0.4, -0.2) is 118 Å². The number of carbonyl (C=O) groups is 4. The number of ether oxygens (including phenoxy) is 7. The molecule has 646 valence electrons. The number of hydrogen-bond donors (Lipinski definition) is 4. The van der Waals surface area contributed by atoms with Crippen molar-refractivity contribution in [3.8, 4) is 85.3 Å². The molecule has 0 radical (unpaired) electrons. The number of benzene rings is 8. The Kier molecular flexibility index (Phi) is 24.1. The predicted octanol–water partition coefficient (Wildman–Crippen LogP) is 16.3. The lowest BCUT2D eigenvalue weighted by Crippen LogP contribution is -2.35. The molecule has 125 heavy (non-hydrogen) atoms. The van der Waals surface area contributed by atoms with Crippen LogP contribution in [0.1, 0.15) is 138 Å². The summed E-state index contributed by atoms with van der Waals surface area (Å²) in [6.07, 6.45) is 11.9. The zero-order valence-electron chi connectivity index (χ0n) is 73.4. The van der Waals surface area contributed by atoms with E-state index in [4.69, 9.17) is 53.6 Å². The van der Waals surface area contributed by atoms with Gasteiger partial charge in [-0.05, 0) is 210 Å². The van der Waals surface area contributed by atoms with Crippen LogP contribution in [-0.2, 0) is 99.5 Å². The number of aryl methyl sites for hydroxylation is 11. The van der Waals surface area contributed by atoms with Crippen molar-refractivity contribution in [2.24, 2.45) is 28.2 Å². The SMILES string of the molecule is COc1cc2cc3c([n+](C)c2cc1OC)-c1cc2c(cc1OC3)N(CCCC(=O)O)CCC2.COc1ccc2c(c1)cc1c([n+]2C)-c2cc3c(cc2OC1)N(CCCC(=O)O)CCC3.Cc1cc2cc3c([n+](C)c2cc1C)-c1cc2c(cc1OC3)N(CCCC(=O)O)CCC2.Cc1ccc2c(c1)cc1c([n+]2C)-c2cc3c(cc2OC1)N(CCCC(=O)O)CCC3. The third-order valence-corrected chi connectivity index (χ3v) is 26.3. The van der Waals surface area contributed by atoms with Gasteiger partial charge < -0.3 is 73.2 Å². The number of fused-ring (bicyclic) bond motifs is 20. The van der Waals surface area contributed by atoms with E-state index in [2.05, 4.69) is 202 Å². The van der Waals surface area contributed by atoms with E-state index in [1.165, 1.54) is 117 Å². The van der Waals surface area contributed by atoms with Crippen LogP contribution < -0.4 is 71.0 Å². The summed E-state index contributed by atoms with van der Waals surface area (Å²) in [6.45, 7) is 15.5. The fourth-order valence-electron chi connectivity index (χ4n) is 20.1. The van der Waals surface area contributed by atoms with Gasteiger partial charge in [0.2, 0.25) is 44.8 Å². The maximum Gasteiger partial charge on any atom is 0.303 e. The molecule has 12 heterocycles. The first-order valence-electron chi connectivity index (χ1n) is 44.0. The van der Waals surface area contributed by atoms with Gasteiger partial charge in [-0.15, -0.1) is 0 Å². The molecule has 0 bridgehead atoms. The first kappa shape index (κ1) is 84.3. The fourth-order valence-corrected chi connectivity index (χ4v) is 20.1. The van der Waals surface area contributed by atoms with Gasteiger partial charge in [-0.3, -0.25) is 19.2 Å². The Morgan fingerprint density at radius 1 is 0.336 bits per heavy atom. The Labute approximate surface area is 728 Å². The van der Waals surface area contributed by atoms with Crippen LogP contribution in [0.4, 0.5) is 22.7 Å². The number of nitrogens with zero attached hydrogens (tertiary/aromatic N) is 8. The summed E-state index contributed by atoms with van der Waals surface area (Å²) in [6, 6.07) is 48.0. The summed E-state index contributed by atoms with van der Waals surface area (Å²) < 4.78 is 50.4. The Morgan fingerprint density at radius 2 is 0.640 bits per heavy atom. The zero-order chi connectivity index (χ0) is 87.2. The lowest BCUT2D eigenvalue weighted by Gasteiger charge is -2.33. The van der Waals surface area contributed by atoms with Crippen molar-refractivity contribution in [2.45, 2.75) is 150 Å². The van der Waals surface area contributed by atoms with E-state index >= 15 is 0 Å². The van der Waals surface area contributed by atoms with Crippen molar-refractivity contribution in [1.29, 1.82) is 0 Å². The van der Waals surface area contributed by atoms with Crippen LogP contribution in [0.3, 0.4) is 0 Å². The van der Waals surface area contributed by atoms with E-state index in [1.807, 2.05) is 18.2 Å².